The van der Waals surface area contributed by atoms with E-state index >= 15 is 0 Å². The Morgan fingerprint density at radius 3 is 2.47 bits per heavy atom. The van der Waals surface area contributed by atoms with Gasteiger partial charge in [-0.05, 0) is 24.8 Å². The molecule has 1 N–H and O–H groups in total. The van der Waals surface area contributed by atoms with Crippen LogP contribution in [0.25, 0.3) is 0 Å². The highest BCUT2D eigenvalue weighted by molar-refractivity contribution is 8.00. The van der Waals surface area contributed by atoms with Crippen LogP contribution in [-0.2, 0) is 11.2 Å². The van der Waals surface area contributed by atoms with Gasteiger partial charge in [0.2, 0.25) is 0 Å². The van der Waals surface area contributed by atoms with E-state index in [1.165, 1.54) is 0 Å². The molecule has 0 saturated carbocycles. The highest BCUT2D eigenvalue weighted by Crippen LogP contribution is 2.34. The number of hydrogen-bond donors (Lipinski definition) is 1. The van der Waals surface area contributed by atoms with Crippen molar-refractivity contribution in [3.05, 3.63) is 22.4 Å². The van der Waals surface area contributed by atoms with Gasteiger partial charge in [0.05, 0.1) is 5.41 Å². The topological polar surface area (TPSA) is 37.3 Å². The quantitative estimate of drug-likeness (QED) is 0.883. The van der Waals surface area contributed by atoms with E-state index in [1.54, 1.807) is 23.1 Å². The first-order valence-electron chi connectivity index (χ1n) is 5.63. The molecule has 1 heterocycles. The van der Waals surface area contributed by atoms with Crippen molar-refractivity contribution >= 4 is 29.1 Å². The lowest BCUT2D eigenvalue weighted by Gasteiger charge is -2.28. The van der Waals surface area contributed by atoms with Crippen LogP contribution in [0.15, 0.2) is 17.5 Å². The molecule has 1 aromatic rings. The van der Waals surface area contributed by atoms with Gasteiger partial charge in [0.15, 0.2) is 0 Å². The smallest absolute Gasteiger partial charge is 0.310 e. The summed E-state index contributed by atoms with van der Waals surface area (Å²) < 4.78 is 0.103. The molecule has 0 aliphatic carbocycles. The zero-order valence-corrected chi connectivity index (χ0v) is 12.5. The number of carboxylic acids is 1. The van der Waals surface area contributed by atoms with Gasteiger partial charge in [-0.1, -0.05) is 26.8 Å². The van der Waals surface area contributed by atoms with Crippen molar-refractivity contribution in [3.8, 4) is 0 Å². The van der Waals surface area contributed by atoms with E-state index in [9.17, 15) is 9.90 Å². The van der Waals surface area contributed by atoms with Crippen molar-refractivity contribution in [2.24, 2.45) is 5.41 Å². The molecule has 0 aliphatic heterocycles. The second-order valence-electron chi connectivity index (χ2n) is 5.52. The third-order valence-corrected chi connectivity index (χ3v) is 5.01. The molecule has 1 aromatic heterocycles. The van der Waals surface area contributed by atoms with E-state index in [4.69, 9.17) is 0 Å². The van der Waals surface area contributed by atoms with Gasteiger partial charge in [-0.3, -0.25) is 4.79 Å². The van der Waals surface area contributed by atoms with Crippen LogP contribution < -0.4 is 0 Å². The van der Waals surface area contributed by atoms with Gasteiger partial charge in [-0.15, -0.1) is 11.3 Å². The summed E-state index contributed by atoms with van der Waals surface area (Å²) in [6.45, 7) is 8.19. The van der Waals surface area contributed by atoms with E-state index in [1.807, 2.05) is 24.4 Å². The monoisotopic (exact) mass is 272 g/mol. The van der Waals surface area contributed by atoms with Gasteiger partial charge in [0.25, 0.3) is 0 Å². The zero-order valence-electron chi connectivity index (χ0n) is 10.8. The van der Waals surface area contributed by atoms with Crippen LogP contribution in [0.4, 0.5) is 0 Å². The lowest BCUT2D eigenvalue weighted by atomic mass is 9.88. The predicted octanol–water partition coefficient (Wildman–Crippen LogP) is 3.91. The van der Waals surface area contributed by atoms with Gasteiger partial charge < -0.3 is 5.11 Å². The molecule has 96 valence electrons. The zero-order chi connectivity index (χ0) is 13.1. The van der Waals surface area contributed by atoms with E-state index in [0.717, 1.165) is 4.88 Å². The summed E-state index contributed by atoms with van der Waals surface area (Å²) in [6.07, 6.45) is 0.614. The number of thioether (sulfide) groups is 1. The molecule has 17 heavy (non-hydrogen) atoms. The number of carbonyl (C=O) groups is 1. The number of hydrogen-bond acceptors (Lipinski definition) is 3. The molecule has 0 saturated heterocycles. The van der Waals surface area contributed by atoms with Crippen molar-refractivity contribution in [2.75, 3.05) is 5.75 Å². The lowest BCUT2D eigenvalue weighted by Crippen LogP contribution is -2.34. The largest absolute Gasteiger partial charge is 0.481 e. The van der Waals surface area contributed by atoms with Crippen LogP contribution in [0.1, 0.15) is 32.6 Å². The first kappa shape index (κ1) is 14.6. The van der Waals surface area contributed by atoms with Crippen LogP contribution in [0.3, 0.4) is 0 Å². The third kappa shape index (κ3) is 4.72. The second kappa shape index (κ2) is 5.44. The van der Waals surface area contributed by atoms with Gasteiger partial charge in [0, 0.05) is 15.4 Å². The number of thiophene rings is 1. The van der Waals surface area contributed by atoms with E-state index in [-0.39, 0.29) is 4.75 Å². The maximum atomic E-state index is 11.5. The average Bonchev–Trinajstić information content (AvgIpc) is 2.66. The average molecular weight is 272 g/mol. The van der Waals surface area contributed by atoms with E-state index in [2.05, 4.69) is 20.8 Å². The summed E-state index contributed by atoms with van der Waals surface area (Å²) in [5.41, 5.74) is -0.678. The first-order chi connectivity index (χ1) is 7.73. The molecule has 1 atom stereocenters. The van der Waals surface area contributed by atoms with Crippen LogP contribution in [0.2, 0.25) is 0 Å². The molecule has 0 fully saturated rings. The highest BCUT2D eigenvalue weighted by atomic mass is 32.2. The van der Waals surface area contributed by atoms with Crippen molar-refractivity contribution in [1.29, 1.82) is 0 Å². The molecule has 0 aliphatic rings. The Bertz CT molecular complexity index is 365. The molecule has 0 radical (unpaired) electrons. The fourth-order valence-electron chi connectivity index (χ4n) is 1.36. The van der Waals surface area contributed by atoms with Gasteiger partial charge in [-0.25, -0.2) is 0 Å². The minimum atomic E-state index is -0.706. The molecule has 2 nitrogen and oxygen atoms in total. The summed E-state index contributed by atoms with van der Waals surface area (Å²) >= 11 is 3.34. The normalized spacial score (nSPS) is 15.5. The Labute approximate surface area is 111 Å². The first-order valence-corrected chi connectivity index (χ1v) is 7.49. The molecule has 0 spiro atoms. The highest BCUT2D eigenvalue weighted by Gasteiger charge is 2.35. The minimum Gasteiger partial charge on any atom is -0.481 e. The summed E-state index contributed by atoms with van der Waals surface area (Å²) in [5.74, 6) is -0.0633. The molecule has 0 aromatic carbocycles. The van der Waals surface area contributed by atoms with Gasteiger partial charge in [0.1, 0.15) is 0 Å². The summed E-state index contributed by atoms with van der Waals surface area (Å²) in [4.78, 5) is 12.6. The maximum absolute atomic E-state index is 11.5. The van der Waals surface area contributed by atoms with Crippen LogP contribution in [0, 0.1) is 5.41 Å². The van der Waals surface area contributed by atoms with Gasteiger partial charge in [-0.2, -0.15) is 11.8 Å². The van der Waals surface area contributed by atoms with Crippen LogP contribution in [0.5, 0.6) is 0 Å². The van der Waals surface area contributed by atoms with Crippen LogP contribution in [-0.4, -0.2) is 21.6 Å². The van der Waals surface area contributed by atoms with Gasteiger partial charge >= 0.3 is 5.97 Å². The number of rotatable bonds is 5. The van der Waals surface area contributed by atoms with Crippen molar-refractivity contribution in [3.63, 3.8) is 0 Å². The molecule has 0 bridgehead atoms. The Kier molecular flexibility index (Phi) is 4.67. The Morgan fingerprint density at radius 2 is 2.06 bits per heavy atom. The fourth-order valence-corrected chi connectivity index (χ4v) is 3.23. The number of carboxylic acid groups (broad SMARTS) is 1. The second-order valence-corrected chi connectivity index (χ2v) is 8.36. The van der Waals surface area contributed by atoms with Crippen molar-refractivity contribution in [1.82, 2.24) is 0 Å². The molecule has 1 rings (SSSR count). The molecule has 1 unspecified atom stereocenters. The molecule has 4 heteroatoms. The summed E-state index contributed by atoms with van der Waals surface area (Å²) in [6, 6.07) is 3.98. The van der Waals surface area contributed by atoms with Crippen molar-refractivity contribution < 1.29 is 9.90 Å². The van der Waals surface area contributed by atoms with Crippen molar-refractivity contribution in [2.45, 2.75) is 38.9 Å². The Morgan fingerprint density at radius 1 is 1.41 bits per heavy atom. The number of aliphatic carboxylic acids is 1. The van der Waals surface area contributed by atoms with Crippen LogP contribution >= 0.6 is 23.1 Å². The predicted molar refractivity (Wildman–Crippen MR) is 76.0 cm³/mol. The SMILES string of the molecule is CC(C)(C)SCC(C)(Cc1cccs1)C(=O)O. The standard InChI is InChI=1S/C13H20O2S2/c1-12(2,3)17-9-13(4,11(14)15)8-10-6-5-7-16-10/h5-7H,8-9H2,1-4H3,(H,14,15). The molecular formula is C13H20O2S2. The summed E-state index contributed by atoms with van der Waals surface area (Å²) in [7, 11) is 0. The minimum absolute atomic E-state index is 0.103. The Hall–Kier alpha value is -0.480. The molecular weight excluding hydrogens is 252 g/mol. The third-order valence-electron chi connectivity index (χ3n) is 2.48. The lowest BCUT2D eigenvalue weighted by molar-refractivity contribution is -0.146. The fraction of sp³-hybridized carbons (Fsp3) is 0.615. The van der Waals surface area contributed by atoms with E-state index in [0.29, 0.717) is 12.2 Å². The molecule has 0 amide bonds. The maximum Gasteiger partial charge on any atom is 0.310 e. The Balaban J connectivity index is 2.72. The van der Waals surface area contributed by atoms with E-state index < -0.39 is 11.4 Å². The summed E-state index contributed by atoms with van der Waals surface area (Å²) in [5, 5.41) is 11.4.